The van der Waals surface area contributed by atoms with Gasteiger partial charge in [0.25, 0.3) is 0 Å². The van der Waals surface area contributed by atoms with E-state index in [2.05, 4.69) is 47.6 Å². The number of fused-ring (bicyclic) bond motifs is 5. The summed E-state index contributed by atoms with van der Waals surface area (Å²) >= 11 is 0. The third-order valence-corrected chi connectivity index (χ3v) is 14.9. The van der Waals surface area contributed by atoms with Gasteiger partial charge in [-0.05, 0) is 117 Å². The van der Waals surface area contributed by atoms with Crippen LogP contribution in [0, 0.1) is 51.2 Å². The van der Waals surface area contributed by atoms with Gasteiger partial charge in [0.05, 0.1) is 5.60 Å². The van der Waals surface area contributed by atoms with E-state index >= 15 is 0 Å². The second-order valence-electron chi connectivity index (χ2n) is 17.5. The highest BCUT2D eigenvalue weighted by atomic mass is 16.7. The molecule has 4 saturated carbocycles. The minimum atomic E-state index is -1.79. The Kier molecular flexibility index (Phi) is 9.08. The van der Waals surface area contributed by atoms with E-state index in [1.807, 2.05) is 20.8 Å². The first-order valence-electron chi connectivity index (χ1n) is 17.5. The van der Waals surface area contributed by atoms with Crippen LogP contribution >= 0.6 is 0 Å². The van der Waals surface area contributed by atoms with Crippen molar-refractivity contribution in [3.05, 3.63) is 11.6 Å². The molecule has 0 aromatic heterocycles. The number of hydrogen-bond donors (Lipinski definition) is 4. The summed E-state index contributed by atoms with van der Waals surface area (Å²) in [5.41, 5.74) is 0.303. The quantitative estimate of drug-likeness (QED) is 0.255. The Morgan fingerprint density at radius 3 is 2.22 bits per heavy atom. The van der Waals surface area contributed by atoms with E-state index in [1.165, 1.54) is 19.3 Å². The Hall–Kier alpha value is -1.32. The molecule has 45 heavy (non-hydrogen) atoms. The lowest BCUT2D eigenvalue weighted by Crippen LogP contribution is -2.66. The van der Waals surface area contributed by atoms with Gasteiger partial charge in [-0.15, -0.1) is 0 Å². The molecule has 0 aromatic carbocycles. The molecular formula is C37H60O8. The molecule has 14 atom stereocenters. The van der Waals surface area contributed by atoms with Gasteiger partial charge in [0.15, 0.2) is 12.4 Å². The lowest BCUT2D eigenvalue weighted by atomic mass is 9.34. The molecule has 4 N–H and O–H groups in total. The standard InChI is InChI=1S/C37H60O8/c1-20(2)11-10-15-37(9,45-32-29(41)27(39)28(40)30(44-32)31(42)43)22-13-17-36(8)26(22)23(38)19-25-34(6)16-12-21(3)33(4,5)24(34)14-18-35(25,36)7/h11,21-22,24-30,32,39-41H,10,12-19H2,1-9H3,(H,42,43)/t21-,22?,24?,25?,26?,27-,28-,29?,30?,32-,34-,35+,36+,37-/m0/s1. The summed E-state index contributed by atoms with van der Waals surface area (Å²) < 4.78 is 12.3. The Morgan fingerprint density at radius 2 is 1.60 bits per heavy atom. The van der Waals surface area contributed by atoms with E-state index in [1.54, 1.807) is 0 Å². The molecule has 0 aromatic rings. The van der Waals surface area contributed by atoms with Gasteiger partial charge in [-0.1, -0.05) is 53.2 Å². The van der Waals surface area contributed by atoms with Crippen molar-refractivity contribution in [3.8, 4) is 0 Å². The molecule has 8 nitrogen and oxygen atoms in total. The number of carbonyl (C=O) groups is 2. The highest BCUT2D eigenvalue weighted by Crippen LogP contribution is 2.75. The fourth-order valence-corrected chi connectivity index (χ4v) is 11.7. The fraction of sp³-hybridized carbons (Fsp3) is 0.892. The van der Waals surface area contributed by atoms with Crippen LogP contribution in [0.25, 0.3) is 0 Å². The predicted octanol–water partition coefficient (Wildman–Crippen LogP) is 5.90. The zero-order valence-electron chi connectivity index (χ0n) is 29.1. The number of aliphatic carboxylic acids is 1. The van der Waals surface area contributed by atoms with Crippen LogP contribution in [0.3, 0.4) is 0 Å². The summed E-state index contributed by atoms with van der Waals surface area (Å²) in [6.45, 7) is 20.6. The SMILES string of the molecule is CC(C)=CCC[C@](C)(O[C@@H]1OC(C(=O)O)[C@@H](O)[C@H](O)C1O)C1CC[C@]2(C)C1C(=O)CC1[C@@]3(C)CC[C@H](C)C(C)(C)C3CC[C@]12C. The molecule has 5 rings (SSSR count). The molecule has 256 valence electrons. The third-order valence-electron chi connectivity index (χ3n) is 14.9. The maximum absolute atomic E-state index is 14.7. The average Bonchev–Trinajstić information content (AvgIpc) is 3.33. The van der Waals surface area contributed by atoms with Gasteiger partial charge in [-0.3, -0.25) is 4.79 Å². The maximum Gasteiger partial charge on any atom is 0.335 e. The van der Waals surface area contributed by atoms with E-state index in [-0.39, 0.29) is 33.5 Å². The van der Waals surface area contributed by atoms with Gasteiger partial charge in [0.1, 0.15) is 24.1 Å². The van der Waals surface area contributed by atoms with Crippen molar-refractivity contribution in [1.29, 1.82) is 0 Å². The first-order valence-corrected chi connectivity index (χ1v) is 17.5. The maximum atomic E-state index is 14.7. The number of ketones is 1. The summed E-state index contributed by atoms with van der Waals surface area (Å²) in [5.74, 6) is 0.0254. The summed E-state index contributed by atoms with van der Waals surface area (Å²) in [6.07, 6.45) is 1.87. The highest BCUT2D eigenvalue weighted by molar-refractivity contribution is 5.84. The second kappa shape index (κ2) is 11.7. The topological polar surface area (TPSA) is 134 Å². The van der Waals surface area contributed by atoms with Crippen molar-refractivity contribution >= 4 is 11.8 Å². The molecule has 8 heteroatoms. The second-order valence-corrected chi connectivity index (χ2v) is 17.5. The molecule has 1 heterocycles. The van der Waals surface area contributed by atoms with Crippen LogP contribution in [-0.4, -0.2) is 68.5 Å². The minimum Gasteiger partial charge on any atom is -0.479 e. The van der Waals surface area contributed by atoms with Crippen molar-refractivity contribution in [3.63, 3.8) is 0 Å². The van der Waals surface area contributed by atoms with Gasteiger partial charge in [0, 0.05) is 12.3 Å². The summed E-state index contributed by atoms with van der Waals surface area (Å²) in [5, 5.41) is 41.5. The molecule has 4 aliphatic carbocycles. The summed E-state index contributed by atoms with van der Waals surface area (Å²) in [6, 6.07) is 0. The molecule has 0 amide bonds. The largest absolute Gasteiger partial charge is 0.479 e. The number of ether oxygens (including phenoxy) is 2. The van der Waals surface area contributed by atoms with Crippen LogP contribution in [0.5, 0.6) is 0 Å². The Balaban J connectivity index is 1.50. The number of allylic oxidation sites excluding steroid dienone is 2. The van der Waals surface area contributed by atoms with Crippen LogP contribution in [0.4, 0.5) is 0 Å². The number of aliphatic hydroxyl groups excluding tert-OH is 3. The summed E-state index contributed by atoms with van der Waals surface area (Å²) in [7, 11) is 0. The number of carbonyl (C=O) groups excluding carboxylic acids is 1. The average molecular weight is 633 g/mol. The fourth-order valence-electron chi connectivity index (χ4n) is 11.7. The first-order chi connectivity index (χ1) is 20.7. The number of hydrogen-bond acceptors (Lipinski definition) is 7. The highest BCUT2D eigenvalue weighted by Gasteiger charge is 2.71. The van der Waals surface area contributed by atoms with Crippen molar-refractivity contribution in [1.82, 2.24) is 0 Å². The molecule has 6 unspecified atom stereocenters. The molecule has 5 aliphatic rings. The molecule has 0 bridgehead atoms. The van der Waals surface area contributed by atoms with Crippen molar-refractivity contribution in [2.45, 2.75) is 156 Å². The molecule has 1 saturated heterocycles. The van der Waals surface area contributed by atoms with Crippen LogP contribution in [-0.2, 0) is 19.1 Å². The van der Waals surface area contributed by atoms with E-state index in [9.17, 15) is 30.0 Å². The zero-order valence-corrected chi connectivity index (χ0v) is 29.1. The molecule has 0 radical (unpaired) electrons. The van der Waals surface area contributed by atoms with E-state index in [0.29, 0.717) is 42.8 Å². The van der Waals surface area contributed by atoms with Crippen molar-refractivity contribution < 1.29 is 39.5 Å². The number of aliphatic hydroxyl groups is 3. The first kappa shape index (κ1) is 35.0. The predicted molar refractivity (Wildman–Crippen MR) is 171 cm³/mol. The normalized spacial score (nSPS) is 48.8. The lowest BCUT2D eigenvalue weighted by molar-refractivity contribution is -0.327. The van der Waals surface area contributed by atoms with Crippen molar-refractivity contribution in [2.24, 2.45) is 51.2 Å². The monoisotopic (exact) mass is 632 g/mol. The third kappa shape index (κ3) is 5.28. The zero-order chi connectivity index (χ0) is 33.5. The van der Waals surface area contributed by atoms with Gasteiger partial charge in [0.2, 0.25) is 0 Å². The smallest absolute Gasteiger partial charge is 0.335 e. The minimum absolute atomic E-state index is 0.0153. The van der Waals surface area contributed by atoms with E-state index in [0.717, 1.165) is 24.8 Å². The van der Waals surface area contributed by atoms with Gasteiger partial charge >= 0.3 is 5.97 Å². The Labute approximate surface area is 270 Å². The Morgan fingerprint density at radius 1 is 0.956 bits per heavy atom. The van der Waals surface area contributed by atoms with Gasteiger partial charge < -0.3 is 29.9 Å². The number of carboxylic acids is 1. The van der Waals surface area contributed by atoms with Crippen molar-refractivity contribution in [2.75, 3.05) is 0 Å². The lowest BCUT2D eigenvalue weighted by Gasteiger charge is -2.69. The Bertz CT molecular complexity index is 1190. The molecule has 5 fully saturated rings. The van der Waals surface area contributed by atoms with E-state index in [4.69, 9.17) is 9.47 Å². The number of Topliss-reactive ketones (excluding diaryl/α,β-unsaturated/α-hetero) is 1. The molecule has 1 aliphatic heterocycles. The van der Waals surface area contributed by atoms with Crippen LogP contribution in [0.1, 0.15) is 120 Å². The number of rotatable bonds is 7. The van der Waals surface area contributed by atoms with E-state index < -0.39 is 42.3 Å². The van der Waals surface area contributed by atoms with Gasteiger partial charge in [-0.2, -0.15) is 0 Å². The van der Waals surface area contributed by atoms with Gasteiger partial charge in [-0.25, -0.2) is 4.79 Å². The summed E-state index contributed by atoms with van der Waals surface area (Å²) in [4.78, 5) is 26.5. The van der Waals surface area contributed by atoms with Crippen LogP contribution < -0.4 is 0 Å². The molecular weight excluding hydrogens is 572 g/mol. The molecule has 0 spiro atoms. The van der Waals surface area contributed by atoms with Crippen LogP contribution in [0.15, 0.2) is 11.6 Å². The van der Waals surface area contributed by atoms with Crippen LogP contribution in [0.2, 0.25) is 0 Å². The number of carboxylic acid groups (broad SMARTS) is 1.